The Labute approximate surface area is 118 Å². The van der Waals surface area contributed by atoms with E-state index >= 15 is 0 Å². The van der Waals surface area contributed by atoms with Crippen molar-refractivity contribution in [3.63, 3.8) is 0 Å². The lowest BCUT2D eigenvalue weighted by Gasteiger charge is -2.18. The number of ketones is 1. The molecular formula is C15H20FNO3. The fraction of sp³-hybridized carbons (Fsp3) is 0.533. The Bertz CT molecular complexity index is 456. The van der Waals surface area contributed by atoms with Crippen molar-refractivity contribution in [3.05, 3.63) is 29.6 Å². The lowest BCUT2D eigenvalue weighted by Crippen LogP contribution is -2.29. The molecule has 0 saturated carbocycles. The molecule has 2 rings (SSSR count). The summed E-state index contributed by atoms with van der Waals surface area (Å²) in [7, 11) is 1.44. The van der Waals surface area contributed by atoms with Gasteiger partial charge in [-0.1, -0.05) is 6.07 Å². The third-order valence-corrected chi connectivity index (χ3v) is 3.44. The van der Waals surface area contributed by atoms with Crippen molar-refractivity contribution >= 4 is 5.78 Å². The Hall–Kier alpha value is -1.46. The molecule has 20 heavy (non-hydrogen) atoms. The van der Waals surface area contributed by atoms with Gasteiger partial charge in [0.05, 0.1) is 19.3 Å². The van der Waals surface area contributed by atoms with Crippen LogP contribution in [0.3, 0.4) is 0 Å². The largest absolute Gasteiger partial charge is 0.496 e. The highest BCUT2D eigenvalue weighted by molar-refractivity contribution is 5.99. The molecule has 1 heterocycles. The van der Waals surface area contributed by atoms with Crippen molar-refractivity contribution in [1.82, 2.24) is 4.90 Å². The topological polar surface area (TPSA) is 38.8 Å². The third kappa shape index (κ3) is 3.77. The Morgan fingerprint density at radius 1 is 1.40 bits per heavy atom. The molecule has 1 aliphatic heterocycles. The van der Waals surface area contributed by atoms with Crippen LogP contribution >= 0.6 is 0 Å². The molecule has 0 bridgehead atoms. The zero-order valence-corrected chi connectivity index (χ0v) is 11.7. The van der Waals surface area contributed by atoms with Gasteiger partial charge in [0.15, 0.2) is 5.78 Å². The Morgan fingerprint density at radius 2 is 2.25 bits per heavy atom. The van der Waals surface area contributed by atoms with Gasteiger partial charge in [-0.05, 0) is 18.6 Å². The van der Waals surface area contributed by atoms with Crippen molar-refractivity contribution in [1.29, 1.82) is 0 Å². The van der Waals surface area contributed by atoms with Gasteiger partial charge in [-0.3, -0.25) is 4.79 Å². The molecule has 1 fully saturated rings. The maximum absolute atomic E-state index is 13.8. The number of hydrogen-bond acceptors (Lipinski definition) is 4. The predicted octanol–water partition coefficient (Wildman–Crippen LogP) is 2.13. The van der Waals surface area contributed by atoms with Gasteiger partial charge < -0.3 is 14.4 Å². The summed E-state index contributed by atoms with van der Waals surface area (Å²) in [4.78, 5) is 14.4. The molecule has 0 spiro atoms. The van der Waals surface area contributed by atoms with Crippen LogP contribution in [0.1, 0.15) is 23.2 Å². The third-order valence-electron chi connectivity index (χ3n) is 3.44. The maximum atomic E-state index is 13.8. The maximum Gasteiger partial charge on any atom is 0.170 e. The molecule has 1 saturated heterocycles. The zero-order valence-electron chi connectivity index (χ0n) is 11.7. The fourth-order valence-corrected chi connectivity index (χ4v) is 2.35. The molecular weight excluding hydrogens is 261 g/mol. The number of carbonyl (C=O) groups is 1. The van der Waals surface area contributed by atoms with E-state index in [0.29, 0.717) is 18.9 Å². The molecule has 0 radical (unpaired) electrons. The van der Waals surface area contributed by atoms with Gasteiger partial charge in [0, 0.05) is 32.7 Å². The van der Waals surface area contributed by atoms with Gasteiger partial charge in [-0.2, -0.15) is 0 Å². The minimum Gasteiger partial charge on any atom is -0.496 e. The standard InChI is InChI=1S/C15H20FNO3/c1-19-14-5-2-4-12(16)15(14)13(18)6-8-17-7-3-10-20-11-9-17/h2,4-5H,3,6-11H2,1H3. The molecule has 0 amide bonds. The first-order chi connectivity index (χ1) is 9.72. The Kier molecular flexibility index (Phi) is 5.49. The van der Waals surface area contributed by atoms with E-state index in [-0.39, 0.29) is 17.8 Å². The molecule has 5 heteroatoms. The number of Topliss-reactive ketones (excluding diaryl/α,β-unsaturated/α-hetero) is 1. The summed E-state index contributed by atoms with van der Waals surface area (Å²) in [5, 5.41) is 0. The predicted molar refractivity (Wildman–Crippen MR) is 73.8 cm³/mol. The van der Waals surface area contributed by atoms with Crippen LogP contribution in [0.15, 0.2) is 18.2 Å². The average molecular weight is 281 g/mol. The van der Waals surface area contributed by atoms with Crippen molar-refractivity contribution in [3.8, 4) is 5.75 Å². The van der Waals surface area contributed by atoms with Gasteiger partial charge in [0.2, 0.25) is 0 Å². The number of ether oxygens (including phenoxy) is 2. The molecule has 0 atom stereocenters. The van der Waals surface area contributed by atoms with Crippen LogP contribution in [0.25, 0.3) is 0 Å². The van der Waals surface area contributed by atoms with Crippen LogP contribution < -0.4 is 4.74 Å². The molecule has 1 aliphatic rings. The second kappa shape index (κ2) is 7.36. The highest BCUT2D eigenvalue weighted by Crippen LogP contribution is 2.22. The van der Waals surface area contributed by atoms with E-state index in [1.807, 2.05) is 0 Å². The number of methoxy groups -OCH3 is 1. The summed E-state index contributed by atoms with van der Waals surface area (Å²) in [5.41, 5.74) is 0.0565. The Morgan fingerprint density at radius 3 is 3.05 bits per heavy atom. The second-order valence-corrected chi connectivity index (χ2v) is 4.80. The highest BCUT2D eigenvalue weighted by Gasteiger charge is 2.18. The van der Waals surface area contributed by atoms with Crippen molar-refractivity contribution in [2.45, 2.75) is 12.8 Å². The van der Waals surface area contributed by atoms with Crippen molar-refractivity contribution in [2.24, 2.45) is 0 Å². The van der Waals surface area contributed by atoms with Crippen LogP contribution in [0, 0.1) is 5.82 Å². The second-order valence-electron chi connectivity index (χ2n) is 4.80. The van der Waals surface area contributed by atoms with E-state index in [4.69, 9.17) is 9.47 Å². The zero-order chi connectivity index (χ0) is 14.4. The summed E-state index contributed by atoms with van der Waals surface area (Å²) in [5.74, 6) is -0.437. The first kappa shape index (κ1) is 14.9. The van der Waals surface area contributed by atoms with Crippen LogP contribution in [0.2, 0.25) is 0 Å². The normalized spacial score (nSPS) is 16.7. The van der Waals surface area contributed by atoms with Crippen LogP contribution in [-0.4, -0.2) is 50.6 Å². The van der Waals surface area contributed by atoms with Gasteiger partial charge in [-0.25, -0.2) is 4.39 Å². The van der Waals surface area contributed by atoms with E-state index in [1.165, 1.54) is 19.2 Å². The molecule has 4 nitrogen and oxygen atoms in total. The van der Waals surface area contributed by atoms with Crippen LogP contribution in [-0.2, 0) is 4.74 Å². The molecule has 0 aromatic heterocycles. The highest BCUT2D eigenvalue weighted by atomic mass is 19.1. The van der Waals surface area contributed by atoms with Crippen LogP contribution in [0.4, 0.5) is 4.39 Å². The van der Waals surface area contributed by atoms with E-state index in [1.54, 1.807) is 6.07 Å². The molecule has 110 valence electrons. The summed E-state index contributed by atoms with van der Waals surface area (Å²) in [6.45, 7) is 3.83. The monoisotopic (exact) mass is 281 g/mol. The van der Waals surface area contributed by atoms with Crippen LogP contribution in [0.5, 0.6) is 5.75 Å². The molecule has 0 unspecified atom stereocenters. The quantitative estimate of drug-likeness (QED) is 0.775. The smallest absolute Gasteiger partial charge is 0.170 e. The minimum absolute atomic E-state index is 0.0565. The molecule has 1 aromatic rings. The molecule has 0 aliphatic carbocycles. The SMILES string of the molecule is COc1cccc(F)c1C(=O)CCN1CCCOCC1. The van der Waals surface area contributed by atoms with Crippen molar-refractivity contribution in [2.75, 3.05) is 40.0 Å². The number of rotatable bonds is 5. The van der Waals surface area contributed by atoms with Crippen molar-refractivity contribution < 1.29 is 18.7 Å². The van der Waals surface area contributed by atoms with Gasteiger partial charge >= 0.3 is 0 Å². The minimum atomic E-state index is -0.520. The van der Waals surface area contributed by atoms with E-state index in [0.717, 1.165) is 26.1 Å². The lowest BCUT2D eigenvalue weighted by atomic mass is 10.1. The number of carbonyl (C=O) groups excluding carboxylic acids is 1. The number of halogens is 1. The number of benzene rings is 1. The van der Waals surface area contributed by atoms with Gasteiger partial charge in [0.25, 0.3) is 0 Å². The van der Waals surface area contributed by atoms with Gasteiger partial charge in [-0.15, -0.1) is 0 Å². The summed E-state index contributed by atoms with van der Waals surface area (Å²) < 4.78 is 24.2. The average Bonchev–Trinajstić information content (AvgIpc) is 2.73. The molecule has 0 N–H and O–H groups in total. The van der Waals surface area contributed by atoms with E-state index in [9.17, 15) is 9.18 Å². The first-order valence-corrected chi connectivity index (χ1v) is 6.88. The lowest BCUT2D eigenvalue weighted by molar-refractivity contribution is 0.0952. The number of hydrogen-bond donors (Lipinski definition) is 0. The van der Waals surface area contributed by atoms with E-state index < -0.39 is 5.82 Å². The Balaban J connectivity index is 1.97. The molecule has 1 aromatic carbocycles. The fourth-order valence-electron chi connectivity index (χ4n) is 2.35. The summed E-state index contributed by atoms with van der Waals surface area (Å²) in [6.07, 6.45) is 1.26. The summed E-state index contributed by atoms with van der Waals surface area (Å²) in [6, 6.07) is 4.43. The number of nitrogens with zero attached hydrogens (tertiary/aromatic N) is 1. The summed E-state index contributed by atoms with van der Waals surface area (Å²) >= 11 is 0. The first-order valence-electron chi connectivity index (χ1n) is 6.88. The van der Waals surface area contributed by atoms with Gasteiger partial charge in [0.1, 0.15) is 11.6 Å². The van der Waals surface area contributed by atoms with E-state index in [2.05, 4.69) is 4.90 Å².